The Bertz CT molecular complexity index is 296. The Balaban J connectivity index is 2.60. The summed E-state index contributed by atoms with van der Waals surface area (Å²) in [6.07, 6.45) is 0. The Labute approximate surface area is 64.3 Å². The fraction of sp³-hybridized carbons (Fsp3) is 0.250. The van der Waals surface area contributed by atoms with Crippen LogP contribution in [0.5, 0.6) is 11.5 Å². The number of phenolic OH excluding ortho intramolecular Hbond substituents is 2. The highest BCUT2D eigenvalue weighted by molar-refractivity contribution is 5.46. The quantitative estimate of drug-likeness (QED) is 0.572. The van der Waals surface area contributed by atoms with Gasteiger partial charge in [0, 0.05) is 24.7 Å². The van der Waals surface area contributed by atoms with Gasteiger partial charge >= 0.3 is 0 Å². The Hall–Kier alpha value is -1.22. The molecule has 1 aliphatic heterocycles. The van der Waals surface area contributed by atoms with Crippen LogP contribution in [0.25, 0.3) is 0 Å². The van der Waals surface area contributed by atoms with Gasteiger partial charge in [-0.05, 0) is 11.6 Å². The molecule has 0 fully saturated rings. The average Bonchev–Trinajstić information content (AvgIpc) is 2.34. The normalized spacial score (nSPS) is 14.9. The molecule has 3 heteroatoms. The largest absolute Gasteiger partial charge is 0.508 e. The molecule has 0 unspecified atom stereocenters. The van der Waals surface area contributed by atoms with Gasteiger partial charge in [0.15, 0.2) is 0 Å². The fourth-order valence-corrected chi connectivity index (χ4v) is 1.31. The smallest absolute Gasteiger partial charge is 0.124 e. The van der Waals surface area contributed by atoms with Gasteiger partial charge in [-0.1, -0.05) is 0 Å². The SMILES string of the molecule is Oc1cc(O)c2c(c1)C[N]C2. The second-order valence-corrected chi connectivity index (χ2v) is 2.64. The number of hydrogen-bond acceptors (Lipinski definition) is 2. The minimum atomic E-state index is 0.110. The molecule has 57 valence electrons. The highest BCUT2D eigenvalue weighted by atomic mass is 16.3. The van der Waals surface area contributed by atoms with E-state index in [4.69, 9.17) is 5.11 Å². The van der Waals surface area contributed by atoms with Crippen molar-refractivity contribution in [1.29, 1.82) is 0 Å². The molecule has 0 spiro atoms. The lowest BCUT2D eigenvalue weighted by atomic mass is 10.1. The van der Waals surface area contributed by atoms with Crippen LogP contribution in [0.4, 0.5) is 0 Å². The van der Waals surface area contributed by atoms with Crippen LogP contribution in [0.1, 0.15) is 11.1 Å². The van der Waals surface area contributed by atoms with E-state index in [1.54, 1.807) is 6.07 Å². The topological polar surface area (TPSA) is 54.6 Å². The van der Waals surface area contributed by atoms with Crippen LogP contribution in [-0.4, -0.2) is 10.2 Å². The van der Waals surface area contributed by atoms with E-state index in [1.165, 1.54) is 6.07 Å². The van der Waals surface area contributed by atoms with Crippen molar-refractivity contribution in [3.05, 3.63) is 23.3 Å². The molecule has 2 N–H and O–H groups in total. The molecule has 0 aliphatic carbocycles. The number of hydrogen-bond donors (Lipinski definition) is 2. The molecule has 0 atom stereocenters. The van der Waals surface area contributed by atoms with Gasteiger partial charge in [0.1, 0.15) is 11.5 Å². The minimum Gasteiger partial charge on any atom is -0.508 e. The van der Waals surface area contributed by atoms with Gasteiger partial charge in [0.25, 0.3) is 0 Å². The lowest BCUT2D eigenvalue weighted by molar-refractivity contribution is 0.446. The van der Waals surface area contributed by atoms with Crippen molar-refractivity contribution >= 4 is 0 Å². The molecule has 1 heterocycles. The summed E-state index contributed by atoms with van der Waals surface area (Å²) in [5.74, 6) is 0.264. The zero-order chi connectivity index (χ0) is 7.84. The van der Waals surface area contributed by atoms with Crippen molar-refractivity contribution < 1.29 is 10.2 Å². The predicted molar refractivity (Wildman–Crippen MR) is 39.3 cm³/mol. The molecule has 0 saturated heterocycles. The molecule has 1 radical (unpaired) electrons. The maximum absolute atomic E-state index is 9.29. The van der Waals surface area contributed by atoms with Gasteiger partial charge < -0.3 is 10.2 Å². The monoisotopic (exact) mass is 150 g/mol. The van der Waals surface area contributed by atoms with Gasteiger partial charge in [0.05, 0.1) is 0 Å². The third kappa shape index (κ3) is 0.935. The molecule has 2 rings (SSSR count). The van der Waals surface area contributed by atoms with Crippen molar-refractivity contribution in [3.8, 4) is 11.5 Å². The maximum atomic E-state index is 9.29. The third-order valence-electron chi connectivity index (χ3n) is 1.86. The maximum Gasteiger partial charge on any atom is 0.124 e. The summed E-state index contributed by atoms with van der Waals surface area (Å²) < 4.78 is 0. The summed E-state index contributed by atoms with van der Waals surface area (Å²) in [6.45, 7) is 1.18. The molecular formula is C8H8NO2. The lowest BCUT2D eigenvalue weighted by Gasteiger charge is -2.00. The summed E-state index contributed by atoms with van der Waals surface area (Å²) >= 11 is 0. The Morgan fingerprint density at radius 3 is 2.82 bits per heavy atom. The van der Waals surface area contributed by atoms with Crippen LogP contribution in [0.2, 0.25) is 0 Å². The first kappa shape index (κ1) is 6.49. The average molecular weight is 150 g/mol. The number of benzene rings is 1. The molecule has 0 aromatic heterocycles. The second-order valence-electron chi connectivity index (χ2n) is 2.64. The first-order valence-electron chi connectivity index (χ1n) is 3.44. The summed E-state index contributed by atoms with van der Waals surface area (Å²) in [5.41, 5.74) is 1.78. The number of nitrogens with zero attached hydrogens (tertiary/aromatic N) is 1. The van der Waals surface area contributed by atoms with Crippen LogP contribution in [0, 0.1) is 0 Å². The number of aromatic hydroxyl groups is 2. The minimum absolute atomic E-state index is 0.110. The van der Waals surface area contributed by atoms with E-state index in [0.29, 0.717) is 13.1 Å². The highest BCUT2D eigenvalue weighted by Crippen LogP contribution is 2.30. The first-order valence-corrected chi connectivity index (χ1v) is 3.44. The Kier molecular flexibility index (Phi) is 1.26. The summed E-state index contributed by atoms with van der Waals surface area (Å²) in [5, 5.41) is 22.4. The molecule has 3 nitrogen and oxygen atoms in total. The van der Waals surface area contributed by atoms with E-state index in [1.807, 2.05) is 0 Å². The van der Waals surface area contributed by atoms with E-state index >= 15 is 0 Å². The summed E-state index contributed by atoms with van der Waals surface area (Å²) in [6, 6.07) is 2.99. The van der Waals surface area contributed by atoms with Gasteiger partial charge in [0.2, 0.25) is 0 Å². The molecule has 1 aliphatic rings. The lowest BCUT2D eigenvalue weighted by Crippen LogP contribution is -1.89. The standard InChI is InChI=1S/C8H8NO2/c10-6-1-5-3-9-4-7(5)8(11)2-6/h1-2,10-11H,3-4H2. The van der Waals surface area contributed by atoms with E-state index in [-0.39, 0.29) is 11.5 Å². The van der Waals surface area contributed by atoms with Crippen molar-refractivity contribution in [2.45, 2.75) is 13.1 Å². The molecule has 1 aromatic rings. The number of fused-ring (bicyclic) bond motifs is 1. The van der Waals surface area contributed by atoms with E-state index in [9.17, 15) is 5.11 Å². The van der Waals surface area contributed by atoms with Crippen molar-refractivity contribution in [3.63, 3.8) is 0 Å². The number of phenols is 2. The fourth-order valence-electron chi connectivity index (χ4n) is 1.31. The molecule has 1 aromatic carbocycles. The Morgan fingerprint density at radius 1 is 1.18 bits per heavy atom. The van der Waals surface area contributed by atoms with E-state index in [0.717, 1.165) is 11.1 Å². The zero-order valence-corrected chi connectivity index (χ0v) is 5.91. The Morgan fingerprint density at radius 2 is 2.00 bits per heavy atom. The van der Waals surface area contributed by atoms with Crippen molar-refractivity contribution in [2.24, 2.45) is 0 Å². The van der Waals surface area contributed by atoms with Crippen LogP contribution < -0.4 is 5.32 Å². The molecule has 0 saturated carbocycles. The van der Waals surface area contributed by atoms with E-state index in [2.05, 4.69) is 5.32 Å². The van der Waals surface area contributed by atoms with Crippen LogP contribution in [0.15, 0.2) is 12.1 Å². The third-order valence-corrected chi connectivity index (χ3v) is 1.86. The molecule has 11 heavy (non-hydrogen) atoms. The second kappa shape index (κ2) is 2.13. The molecular weight excluding hydrogens is 142 g/mol. The highest BCUT2D eigenvalue weighted by Gasteiger charge is 2.15. The molecule has 0 amide bonds. The van der Waals surface area contributed by atoms with Gasteiger partial charge in [-0.2, -0.15) is 0 Å². The van der Waals surface area contributed by atoms with E-state index < -0.39 is 0 Å². The van der Waals surface area contributed by atoms with Gasteiger partial charge in [-0.25, -0.2) is 5.32 Å². The van der Waals surface area contributed by atoms with Crippen LogP contribution in [0.3, 0.4) is 0 Å². The summed E-state index contributed by atoms with van der Waals surface area (Å²) in [7, 11) is 0. The summed E-state index contributed by atoms with van der Waals surface area (Å²) in [4.78, 5) is 0. The van der Waals surface area contributed by atoms with Gasteiger partial charge in [-0.15, -0.1) is 0 Å². The predicted octanol–water partition coefficient (Wildman–Crippen LogP) is 0.716. The van der Waals surface area contributed by atoms with Crippen LogP contribution in [-0.2, 0) is 13.1 Å². The number of rotatable bonds is 0. The van der Waals surface area contributed by atoms with Gasteiger partial charge in [-0.3, -0.25) is 0 Å². The van der Waals surface area contributed by atoms with Crippen molar-refractivity contribution in [1.82, 2.24) is 5.32 Å². The van der Waals surface area contributed by atoms with Crippen molar-refractivity contribution in [2.75, 3.05) is 0 Å². The first-order chi connectivity index (χ1) is 5.27. The zero-order valence-electron chi connectivity index (χ0n) is 5.91. The van der Waals surface area contributed by atoms with Crippen LogP contribution >= 0.6 is 0 Å². The molecule has 0 bridgehead atoms.